The SMILES string of the molecule is CCNC(=O)NCCn1nc(C(F)(F)F)n(C)c1=O. The average molecular weight is 281 g/mol. The number of halogens is 3. The lowest BCUT2D eigenvalue weighted by molar-refractivity contribution is -0.147. The second-order valence-electron chi connectivity index (χ2n) is 3.67. The monoisotopic (exact) mass is 281 g/mol. The number of rotatable bonds is 4. The second kappa shape index (κ2) is 5.76. The van der Waals surface area contributed by atoms with Crippen LogP contribution in [0.3, 0.4) is 0 Å². The van der Waals surface area contributed by atoms with E-state index in [1.54, 1.807) is 6.92 Å². The van der Waals surface area contributed by atoms with E-state index in [9.17, 15) is 22.8 Å². The number of amides is 2. The zero-order valence-electron chi connectivity index (χ0n) is 10.4. The van der Waals surface area contributed by atoms with Crippen molar-refractivity contribution >= 4 is 6.03 Å². The first-order chi connectivity index (χ1) is 8.77. The molecule has 2 amide bonds. The molecule has 0 spiro atoms. The fraction of sp³-hybridized carbons (Fsp3) is 0.667. The molecule has 7 nitrogen and oxygen atoms in total. The number of carbonyl (C=O) groups is 1. The maximum absolute atomic E-state index is 12.5. The zero-order valence-corrected chi connectivity index (χ0v) is 10.4. The van der Waals surface area contributed by atoms with Crippen LogP contribution in [-0.4, -0.2) is 33.5 Å². The minimum absolute atomic E-state index is 0.0000501. The van der Waals surface area contributed by atoms with Crippen LogP contribution in [0.1, 0.15) is 12.7 Å². The van der Waals surface area contributed by atoms with Gasteiger partial charge in [0.2, 0.25) is 5.82 Å². The van der Waals surface area contributed by atoms with Gasteiger partial charge in [-0.3, -0.25) is 4.57 Å². The van der Waals surface area contributed by atoms with Crippen LogP contribution in [-0.2, 0) is 19.8 Å². The number of urea groups is 1. The van der Waals surface area contributed by atoms with Gasteiger partial charge in [0, 0.05) is 20.1 Å². The quantitative estimate of drug-likeness (QED) is 0.810. The highest BCUT2D eigenvalue weighted by molar-refractivity contribution is 5.73. The highest BCUT2D eigenvalue weighted by Gasteiger charge is 2.37. The van der Waals surface area contributed by atoms with Crippen molar-refractivity contribution in [3.8, 4) is 0 Å². The van der Waals surface area contributed by atoms with Crippen molar-refractivity contribution in [2.45, 2.75) is 19.6 Å². The first kappa shape index (κ1) is 15.1. The molecule has 0 aromatic carbocycles. The topological polar surface area (TPSA) is 81.0 Å². The lowest BCUT2D eigenvalue weighted by atomic mass is 10.6. The molecule has 0 aliphatic carbocycles. The molecule has 108 valence electrons. The van der Waals surface area contributed by atoms with Crippen molar-refractivity contribution in [1.82, 2.24) is 25.0 Å². The lowest BCUT2D eigenvalue weighted by Crippen LogP contribution is -2.38. The average Bonchev–Trinajstić information content (AvgIpc) is 2.57. The molecule has 0 saturated heterocycles. The summed E-state index contributed by atoms with van der Waals surface area (Å²) in [6.07, 6.45) is -4.69. The van der Waals surface area contributed by atoms with Gasteiger partial charge >= 0.3 is 17.9 Å². The molecular formula is C9H14F3N5O2. The largest absolute Gasteiger partial charge is 0.451 e. The van der Waals surface area contributed by atoms with Crippen LogP contribution in [0, 0.1) is 0 Å². The summed E-state index contributed by atoms with van der Waals surface area (Å²) < 4.78 is 38.5. The van der Waals surface area contributed by atoms with E-state index in [2.05, 4.69) is 15.7 Å². The molecule has 0 radical (unpaired) electrons. The summed E-state index contributed by atoms with van der Waals surface area (Å²) in [5.74, 6) is -1.27. The minimum atomic E-state index is -4.69. The predicted octanol–water partition coefficient (Wildman–Crippen LogP) is -0.0803. The van der Waals surface area contributed by atoms with Gasteiger partial charge in [-0.25, -0.2) is 14.3 Å². The molecule has 0 atom stereocenters. The van der Waals surface area contributed by atoms with Crippen LogP contribution in [0.15, 0.2) is 4.79 Å². The van der Waals surface area contributed by atoms with Gasteiger partial charge in [0.25, 0.3) is 0 Å². The van der Waals surface area contributed by atoms with E-state index >= 15 is 0 Å². The molecule has 2 N–H and O–H groups in total. The molecule has 0 bridgehead atoms. The Balaban J connectivity index is 2.71. The van der Waals surface area contributed by atoms with E-state index < -0.39 is 23.7 Å². The fourth-order valence-corrected chi connectivity index (χ4v) is 1.38. The summed E-state index contributed by atoms with van der Waals surface area (Å²) in [5.41, 5.74) is -0.884. The van der Waals surface area contributed by atoms with E-state index in [1.807, 2.05) is 0 Å². The summed E-state index contributed by atoms with van der Waals surface area (Å²) in [6.45, 7) is 2.01. The summed E-state index contributed by atoms with van der Waals surface area (Å²) in [6, 6.07) is -0.456. The number of carbonyl (C=O) groups excluding carboxylic acids is 1. The smallest absolute Gasteiger partial charge is 0.338 e. The maximum atomic E-state index is 12.5. The molecule has 1 heterocycles. The van der Waals surface area contributed by atoms with Crippen molar-refractivity contribution in [2.24, 2.45) is 7.05 Å². The Hall–Kier alpha value is -2.00. The van der Waals surface area contributed by atoms with Crippen LogP contribution >= 0.6 is 0 Å². The Morgan fingerprint density at radius 3 is 2.47 bits per heavy atom. The van der Waals surface area contributed by atoms with Gasteiger partial charge in [-0.2, -0.15) is 13.2 Å². The number of nitrogens with zero attached hydrogens (tertiary/aromatic N) is 3. The van der Waals surface area contributed by atoms with E-state index in [4.69, 9.17) is 0 Å². The van der Waals surface area contributed by atoms with Gasteiger partial charge in [-0.1, -0.05) is 0 Å². The van der Waals surface area contributed by atoms with Gasteiger partial charge in [0.05, 0.1) is 6.54 Å². The molecule has 1 aromatic rings. The van der Waals surface area contributed by atoms with Crippen LogP contribution in [0.5, 0.6) is 0 Å². The third-order valence-corrected chi connectivity index (χ3v) is 2.24. The number of hydrogen-bond donors (Lipinski definition) is 2. The Morgan fingerprint density at radius 1 is 1.37 bits per heavy atom. The zero-order chi connectivity index (χ0) is 14.6. The lowest BCUT2D eigenvalue weighted by Gasteiger charge is -2.04. The first-order valence-corrected chi connectivity index (χ1v) is 5.50. The van der Waals surface area contributed by atoms with Gasteiger partial charge in [0.15, 0.2) is 0 Å². The van der Waals surface area contributed by atoms with Crippen LogP contribution in [0.4, 0.5) is 18.0 Å². The Morgan fingerprint density at radius 2 is 2.00 bits per heavy atom. The van der Waals surface area contributed by atoms with Gasteiger partial charge < -0.3 is 10.6 Å². The van der Waals surface area contributed by atoms with Crippen molar-refractivity contribution in [3.05, 3.63) is 16.3 Å². The van der Waals surface area contributed by atoms with Gasteiger partial charge in [0.1, 0.15) is 0 Å². The molecule has 0 fully saturated rings. The van der Waals surface area contributed by atoms with Crippen LogP contribution in [0.2, 0.25) is 0 Å². The minimum Gasteiger partial charge on any atom is -0.338 e. The summed E-state index contributed by atoms with van der Waals surface area (Å²) in [4.78, 5) is 22.5. The normalized spacial score (nSPS) is 11.4. The Kier molecular flexibility index (Phi) is 4.57. The summed E-state index contributed by atoms with van der Waals surface area (Å²) in [7, 11) is 0.992. The van der Waals surface area contributed by atoms with Crippen molar-refractivity contribution in [1.29, 1.82) is 0 Å². The molecule has 1 aromatic heterocycles. The van der Waals surface area contributed by atoms with Crippen LogP contribution < -0.4 is 16.3 Å². The van der Waals surface area contributed by atoms with Crippen molar-refractivity contribution < 1.29 is 18.0 Å². The number of alkyl halides is 3. The Labute approximate surface area is 106 Å². The maximum Gasteiger partial charge on any atom is 0.451 e. The number of nitrogens with one attached hydrogen (secondary N) is 2. The number of aromatic nitrogens is 3. The van der Waals surface area contributed by atoms with E-state index in [1.165, 1.54) is 0 Å². The molecule has 19 heavy (non-hydrogen) atoms. The molecule has 0 saturated carbocycles. The molecule has 0 aliphatic rings. The molecule has 0 aliphatic heterocycles. The third-order valence-electron chi connectivity index (χ3n) is 2.24. The standard InChI is InChI=1S/C9H14F3N5O2/c1-3-13-7(18)14-4-5-17-8(19)16(2)6(15-17)9(10,11)12/h3-5H2,1-2H3,(H2,13,14,18). The first-order valence-electron chi connectivity index (χ1n) is 5.50. The second-order valence-corrected chi connectivity index (χ2v) is 3.67. The van der Waals surface area contributed by atoms with Crippen LogP contribution in [0.25, 0.3) is 0 Å². The predicted molar refractivity (Wildman–Crippen MR) is 59.5 cm³/mol. The molecular weight excluding hydrogens is 267 g/mol. The number of hydrogen-bond acceptors (Lipinski definition) is 3. The van der Waals surface area contributed by atoms with Crippen molar-refractivity contribution in [3.63, 3.8) is 0 Å². The van der Waals surface area contributed by atoms with E-state index in [0.717, 1.165) is 7.05 Å². The van der Waals surface area contributed by atoms with Crippen molar-refractivity contribution in [2.75, 3.05) is 13.1 Å². The Bertz CT molecular complexity index is 505. The third kappa shape index (κ3) is 3.73. The molecule has 10 heteroatoms. The van der Waals surface area contributed by atoms with E-state index in [0.29, 0.717) is 15.8 Å². The molecule has 0 unspecified atom stereocenters. The summed E-state index contributed by atoms with van der Waals surface area (Å²) >= 11 is 0. The van der Waals surface area contributed by atoms with Gasteiger partial charge in [-0.05, 0) is 6.92 Å². The van der Waals surface area contributed by atoms with Gasteiger partial charge in [-0.15, -0.1) is 5.10 Å². The van der Waals surface area contributed by atoms with E-state index in [-0.39, 0.29) is 13.1 Å². The highest BCUT2D eigenvalue weighted by atomic mass is 19.4. The molecule has 1 rings (SSSR count). The fourth-order valence-electron chi connectivity index (χ4n) is 1.38. The summed E-state index contributed by atoms with van der Waals surface area (Å²) in [5, 5.41) is 8.02. The highest BCUT2D eigenvalue weighted by Crippen LogP contribution is 2.25.